The first-order valence-corrected chi connectivity index (χ1v) is 9.97. The first-order chi connectivity index (χ1) is 13.0. The molecular weight excluding hydrogens is 363 g/mol. The van der Waals surface area contributed by atoms with Crippen LogP contribution in [0.25, 0.3) is 0 Å². The molecule has 0 saturated heterocycles. The number of nitrogens with two attached hydrogens (primary N) is 1. The highest BCUT2D eigenvalue weighted by molar-refractivity contribution is 7.11. The second kappa shape index (κ2) is 10.7. The number of benzene rings is 1. The van der Waals surface area contributed by atoms with Gasteiger partial charge in [-0.15, -0.1) is 11.3 Å². The third-order valence-corrected chi connectivity index (χ3v) is 5.33. The molecule has 0 radical (unpaired) electrons. The fraction of sp³-hybridized carbons (Fsp3) is 0.400. The van der Waals surface area contributed by atoms with E-state index in [0.29, 0.717) is 25.5 Å². The number of hydrogen-bond donors (Lipinski definition) is 3. The molecule has 1 aromatic heterocycles. The molecule has 1 amide bonds. The Balaban J connectivity index is 1.96. The van der Waals surface area contributed by atoms with Crippen LogP contribution in [0.4, 0.5) is 4.39 Å². The average molecular weight is 391 g/mol. The number of rotatable bonds is 9. The molecule has 0 bridgehead atoms. The molecule has 0 aliphatic carbocycles. The van der Waals surface area contributed by atoms with E-state index in [2.05, 4.69) is 34.7 Å². The average Bonchev–Trinajstić information content (AvgIpc) is 3.12. The molecule has 1 aromatic carbocycles. The van der Waals surface area contributed by atoms with Crippen molar-refractivity contribution < 1.29 is 9.18 Å². The molecule has 0 aliphatic rings. The van der Waals surface area contributed by atoms with Crippen molar-refractivity contribution in [3.63, 3.8) is 0 Å². The normalized spacial score (nSPS) is 12.6. The maximum Gasteiger partial charge on any atom is 0.222 e. The summed E-state index contributed by atoms with van der Waals surface area (Å²) >= 11 is 1.76. The minimum absolute atomic E-state index is 0.297. The first-order valence-electron chi connectivity index (χ1n) is 9.15. The van der Waals surface area contributed by atoms with E-state index in [9.17, 15) is 9.18 Å². The molecule has 7 heteroatoms. The van der Waals surface area contributed by atoms with Crippen LogP contribution in [-0.4, -0.2) is 25.0 Å². The third kappa shape index (κ3) is 7.02. The van der Waals surface area contributed by atoms with Gasteiger partial charge in [-0.2, -0.15) is 0 Å². The maximum atomic E-state index is 13.0. The molecule has 0 aliphatic heterocycles. The number of guanidine groups is 1. The van der Waals surface area contributed by atoms with Gasteiger partial charge in [0.25, 0.3) is 0 Å². The van der Waals surface area contributed by atoms with Crippen molar-refractivity contribution in [2.75, 3.05) is 13.1 Å². The Hall–Kier alpha value is -2.41. The van der Waals surface area contributed by atoms with Crippen molar-refractivity contribution >= 4 is 23.2 Å². The summed E-state index contributed by atoms with van der Waals surface area (Å²) in [5.41, 5.74) is 6.42. The van der Waals surface area contributed by atoms with Crippen molar-refractivity contribution in [3.8, 4) is 0 Å². The van der Waals surface area contributed by atoms with Crippen LogP contribution in [0.3, 0.4) is 0 Å². The van der Waals surface area contributed by atoms with Crippen molar-refractivity contribution in [1.82, 2.24) is 10.6 Å². The van der Waals surface area contributed by atoms with Gasteiger partial charge in [0, 0.05) is 22.8 Å². The summed E-state index contributed by atoms with van der Waals surface area (Å²) in [6.07, 6.45) is 1.48. The Morgan fingerprint density at radius 3 is 2.44 bits per heavy atom. The van der Waals surface area contributed by atoms with Crippen LogP contribution in [0.2, 0.25) is 0 Å². The molecule has 2 rings (SSSR count). The molecular formula is C20H27FN4OS. The Morgan fingerprint density at radius 2 is 1.85 bits per heavy atom. The van der Waals surface area contributed by atoms with E-state index in [1.807, 2.05) is 6.92 Å². The van der Waals surface area contributed by atoms with E-state index >= 15 is 0 Å². The largest absolute Gasteiger partial charge is 0.369 e. The lowest BCUT2D eigenvalue weighted by molar-refractivity contribution is -0.121. The zero-order valence-electron chi connectivity index (χ0n) is 15.8. The summed E-state index contributed by atoms with van der Waals surface area (Å²) in [6.45, 7) is 5.79. The van der Waals surface area contributed by atoms with E-state index in [1.165, 1.54) is 21.9 Å². The van der Waals surface area contributed by atoms with Gasteiger partial charge in [-0.25, -0.2) is 9.38 Å². The minimum Gasteiger partial charge on any atom is -0.369 e. The van der Waals surface area contributed by atoms with Gasteiger partial charge in [0.05, 0.1) is 12.5 Å². The van der Waals surface area contributed by atoms with Crippen LogP contribution in [0.15, 0.2) is 41.4 Å². The van der Waals surface area contributed by atoms with Gasteiger partial charge < -0.3 is 16.4 Å². The Bertz CT molecular complexity index is 758. The lowest BCUT2D eigenvalue weighted by Crippen LogP contribution is -2.43. The Morgan fingerprint density at radius 1 is 1.15 bits per heavy atom. The maximum absolute atomic E-state index is 13.0. The van der Waals surface area contributed by atoms with E-state index in [-0.39, 0.29) is 5.82 Å². The van der Waals surface area contributed by atoms with E-state index in [0.717, 1.165) is 18.5 Å². The topological polar surface area (TPSA) is 79.5 Å². The van der Waals surface area contributed by atoms with E-state index in [1.54, 1.807) is 23.5 Å². The summed E-state index contributed by atoms with van der Waals surface area (Å²) in [4.78, 5) is 18.9. The fourth-order valence-electron chi connectivity index (χ4n) is 2.59. The molecule has 146 valence electrons. The highest BCUT2D eigenvalue weighted by Gasteiger charge is 2.16. The number of halogens is 1. The summed E-state index contributed by atoms with van der Waals surface area (Å²) < 4.78 is 13.0. The zero-order valence-corrected chi connectivity index (χ0v) is 16.6. The van der Waals surface area contributed by atoms with Crippen LogP contribution in [0.5, 0.6) is 0 Å². The van der Waals surface area contributed by atoms with E-state index in [4.69, 9.17) is 5.73 Å². The number of carbonyl (C=O) groups is 1. The molecule has 1 heterocycles. The molecule has 27 heavy (non-hydrogen) atoms. The quantitative estimate of drug-likeness (QED) is 0.455. The third-order valence-electron chi connectivity index (χ3n) is 4.12. The Kier molecular flexibility index (Phi) is 8.26. The number of thiophene rings is 1. The summed E-state index contributed by atoms with van der Waals surface area (Å²) in [6, 6.07) is 10.3. The summed E-state index contributed by atoms with van der Waals surface area (Å²) in [5, 5.41) is 6.37. The van der Waals surface area contributed by atoms with Crippen LogP contribution >= 0.6 is 11.3 Å². The van der Waals surface area contributed by atoms with Crippen molar-refractivity contribution in [3.05, 3.63) is 57.5 Å². The highest BCUT2D eigenvalue weighted by atomic mass is 32.1. The van der Waals surface area contributed by atoms with Crippen molar-refractivity contribution in [1.29, 1.82) is 0 Å². The number of aliphatic imine (C=N–C) groups is 1. The monoisotopic (exact) mass is 390 g/mol. The standard InChI is InChI=1S/C20H27FN4OS/c1-3-17-9-10-18(27-17)13-25-20(23-4-2)24-12-15(19(22)26)11-14-5-7-16(21)8-6-14/h5-10,15H,3-4,11-13H2,1-2H3,(H2,22,26)(H2,23,24,25). The number of nitrogens with one attached hydrogen (secondary N) is 2. The molecule has 4 N–H and O–H groups in total. The first kappa shape index (κ1) is 20.9. The summed E-state index contributed by atoms with van der Waals surface area (Å²) in [5.74, 6) is -0.454. The number of nitrogens with zero attached hydrogens (tertiary/aromatic N) is 1. The molecule has 5 nitrogen and oxygen atoms in total. The predicted molar refractivity (Wildman–Crippen MR) is 109 cm³/mol. The molecule has 0 fully saturated rings. The number of primary amides is 1. The fourth-order valence-corrected chi connectivity index (χ4v) is 3.48. The Labute approximate surface area is 163 Å². The van der Waals surface area contributed by atoms with Crippen LogP contribution in [0.1, 0.15) is 29.2 Å². The second-order valence-corrected chi connectivity index (χ2v) is 7.48. The lowest BCUT2D eigenvalue weighted by Gasteiger charge is -2.17. The minimum atomic E-state index is -0.409. The van der Waals surface area contributed by atoms with Gasteiger partial charge in [0.15, 0.2) is 5.96 Å². The van der Waals surface area contributed by atoms with E-state index < -0.39 is 11.8 Å². The molecule has 0 saturated carbocycles. The summed E-state index contributed by atoms with van der Waals surface area (Å²) in [7, 11) is 0. The number of carbonyl (C=O) groups excluding carboxylic acids is 1. The van der Waals surface area contributed by atoms with Gasteiger partial charge in [-0.1, -0.05) is 19.1 Å². The zero-order chi connectivity index (χ0) is 19.6. The van der Waals surface area contributed by atoms with Crippen molar-refractivity contribution in [2.45, 2.75) is 33.2 Å². The van der Waals surface area contributed by atoms with Gasteiger partial charge in [0.1, 0.15) is 5.82 Å². The van der Waals surface area contributed by atoms with Gasteiger partial charge in [-0.05, 0) is 49.6 Å². The van der Waals surface area contributed by atoms with Gasteiger partial charge in [-0.3, -0.25) is 4.79 Å². The van der Waals surface area contributed by atoms with Crippen molar-refractivity contribution in [2.24, 2.45) is 16.6 Å². The smallest absolute Gasteiger partial charge is 0.222 e. The number of aryl methyl sites for hydroxylation is 1. The lowest BCUT2D eigenvalue weighted by atomic mass is 9.98. The highest BCUT2D eigenvalue weighted by Crippen LogP contribution is 2.17. The SMILES string of the molecule is CCNC(=NCc1ccc(CC)s1)NCC(Cc1ccc(F)cc1)C(N)=O. The van der Waals surface area contributed by atoms with Crippen LogP contribution < -0.4 is 16.4 Å². The number of amides is 1. The predicted octanol–water partition coefficient (Wildman–Crippen LogP) is 2.85. The molecule has 1 unspecified atom stereocenters. The van der Waals surface area contributed by atoms with Crippen LogP contribution in [-0.2, 0) is 24.2 Å². The van der Waals surface area contributed by atoms with Crippen LogP contribution in [0, 0.1) is 11.7 Å². The number of hydrogen-bond acceptors (Lipinski definition) is 3. The molecule has 2 aromatic rings. The second-order valence-electron chi connectivity index (χ2n) is 6.23. The van der Waals surface area contributed by atoms with Gasteiger partial charge >= 0.3 is 0 Å². The molecule has 1 atom stereocenters. The van der Waals surface area contributed by atoms with Gasteiger partial charge in [0.2, 0.25) is 5.91 Å². The molecule has 0 spiro atoms.